The van der Waals surface area contributed by atoms with Gasteiger partial charge in [-0.3, -0.25) is 0 Å². The Hall–Kier alpha value is -2.38. The van der Waals surface area contributed by atoms with Gasteiger partial charge in [-0.2, -0.15) is 0 Å². The van der Waals surface area contributed by atoms with Crippen LogP contribution in [-0.2, 0) is 4.74 Å². The van der Waals surface area contributed by atoms with E-state index in [0.717, 1.165) is 13.0 Å². The van der Waals surface area contributed by atoms with Crippen LogP contribution in [0.2, 0.25) is 0 Å². The maximum Gasteiger partial charge on any atom is 0.191 e. The van der Waals surface area contributed by atoms with E-state index in [9.17, 15) is 19.7 Å². The van der Waals surface area contributed by atoms with Crippen LogP contribution in [0.4, 0.5) is 10.2 Å². The molecule has 2 fully saturated rings. The van der Waals surface area contributed by atoms with E-state index < -0.39 is 102 Å². The number of hydrogen-bond acceptors (Lipinski definition) is 10. The van der Waals surface area contributed by atoms with Gasteiger partial charge in [0.25, 0.3) is 0 Å². The number of fused-ring (bicyclic) bond motifs is 1. The van der Waals surface area contributed by atoms with Crippen LogP contribution in [0.5, 0.6) is 0 Å². The van der Waals surface area contributed by atoms with Gasteiger partial charge in [-0.1, -0.05) is 36.0 Å². The summed E-state index contributed by atoms with van der Waals surface area (Å²) in [7, 11) is 0. The summed E-state index contributed by atoms with van der Waals surface area (Å²) in [5, 5.41) is 40.8. The highest BCUT2D eigenvalue weighted by atomic mass is 32.2. The topological polar surface area (TPSA) is 138 Å². The number of hydrogen-bond donors (Lipinski definition) is 4. The zero-order valence-electron chi connectivity index (χ0n) is 32.0. The number of thioether (sulfide) groups is 1. The quantitative estimate of drug-likeness (QED) is 0.227. The van der Waals surface area contributed by atoms with Gasteiger partial charge in [0.05, 0.1) is 30.8 Å². The molecule has 36 heavy (non-hydrogen) atoms. The van der Waals surface area contributed by atoms with Gasteiger partial charge >= 0.3 is 0 Å². The Labute approximate surface area is 230 Å². The zero-order chi connectivity index (χ0) is 37.2. The van der Waals surface area contributed by atoms with Gasteiger partial charge in [-0.15, -0.1) is 5.10 Å². The monoisotopic (exact) mass is 531 g/mol. The molecule has 3 aromatic rings. The first kappa shape index (κ1) is 14.0. The van der Waals surface area contributed by atoms with Crippen LogP contribution in [0.1, 0.15) is 66.9 Å². The second-order valence-corrected chi connectivity index (χ2v) is 8.43. The fourth-order valence-electron chi connectivity index (χ4n) is 3.41. The van der Waals surface area contributed by atoms with Gasteiger partial charge in [-0.05, 0) is 36.9 Å². The molecule has 12 heteroatoms. The van der Waals surface area contributed by atoms with Gasteiger partial charge in [0.2, 0.25) is 0 Å². The summed E-state index contributed by atoms with van der Waals surface area (Å²) in [5.41, 5.74) is -3.95. The summed E-state index contributed by atoms with van der Waals surface area (Å²) < 4.78 is 130. The summed E-state index contributed by atoms with van der Waals surface area (Å²) in [5.74, 6) is -3.37. The predicted octanol–water partition coefficient (Wildman–Crippen LogP) is 2.18. The number of aliphatic hydroxyl groups excluding tert-OH is 1. The lowest BCUT2D eigenvalue weighted by Crippen LogP contribution is -2.33. The number of ether oxygens (including phenoxy) is 1. The Morgan fingerprint density at radius 1 is 1.33 bits per heavy atom. The largest absolute Gasteiger partial charge is 0.394 e. The molecular formula is C24H31FN6O4S. The van der Waals surface area contributed by atoms with Gasteiger partial charge in [-0.25, -0.2) is 19.0 Å². The molecule has 0 radical (unpaired) electrons. The summed E-state index contributed by atoms with van der Waals surface area (Å²) >= 11 is 0.0898. The number of nitrogens with one attached hydrogen (secondary N) is 1. The highest BCUT2D eigenvalue weighted by Gasteiger charge is 2.45. The molecule has 2 aliphatic carbocycles. The summed E-state index contributed by atoms with van der Waals surface area (Å²) in [6.07, 6.45) is -20.3. The standard InChI is InChI=1S/C24H31FN6O4S/c1-3-8-36-24-27-22(26-16-10-14(16)13-5-4-12(2)15(25)9-13)19-23(28-24)31(30-29-19)17-11-18(35-7-6-32)21(34)20(17)33/h4-5,9,14,16-18,20-21,32-34H,3,6-8,10-11H2,1-2H3,(H,26,27,28)/t14-,16+,17+,18-,20-,21+/m0/s1/i3D2,8D2,10D2,11D2,14D,17D,18D,20D,21D. The Morgan fingerprint density at radius 2 is 2.17 bits per heavy atom. The number of aliphatic hydroxyl groups is 3. The van der Waals surface area contributed by atoms with Crippen molar-refractivity contribution in [3.63, 3.8) is 0 Å². The molecule has 0 amide bonds. The summed E-state index contributed by atoms with van der Waals surface area (Å²) in [6.45, 7) is 0.665. The zero-order valence-corrected chi connectivity index (χ0v) is 19.8. The number of nitrogens with zero attached hydrogens (tertiary/aromatic N) is 5. The van der Waals surface area contributed by atoms with Crippen molar-refractivity contribution in [2.24, 2.45) is 0 Å². The molecule has 0 aliphatic heterocycles. The molecule has 2 saturated carbocycles. The molecule has 1 aromatic carbocycles. The highest BCUT2D eigenvalue weighted by molar-refractivity contribution is 7.99. The van der Waals surface area contributed by atoms with Crippen molar-refractivity contribution in [1.82, 2.24) is 25.0 Å². The molecule has 2 heterocycles. The predicted molar refractivity (Wildman–Crippen MR) is 133 cm³/mol. The van der Waals surface area contributed by atoms with Crippen LogP contribution in [0, 0.1) is 12.7 Å². The lowest BCUT2D eigenvalue weighted by atomic mass is 10.1. The normalized spacial score (nSPS) is 46.7. The first-order valence-corrected chi connectivity index (χ1v) is 11.5. The van der Waals surface area contributed by atoms with Crippen LogP contribution in [-0.4, -0.2) is 83.5 Å². The van der Waals surface area contributed by atoms with E-state index in [0.29, 0.717) is 0 Å². The molecule has 0 spiro atoms. The number of anilines is 1. The highest BCUT2D eigenvalue weighted by Crippen LogP contribution is 2.44. The molecule has 0 bridgehead atoms. The fraction of sp³-hybridized carbons (Fsp3) is 0.583. The number of aromatic nitrogens is 5. The van der Waals surface area contributed by atoms with Gasteiger partial charge in [0, 0.05) is 36.4 Å². The Kier molecular flexibility index (Phi) is 4.09. The number of halogens is 1. The van der Waals surface area contributed by atoms with Crippen LogP contribution in [0.3, 0.4) is 0 Å². The Bertz CT molecular complexity index is 1820. The number of aryl methyl sites for hydroxylation is 1. The second-order valence-electron chi connectivity index (χ2n) is 7.65. The lowest BCUT2D eigenvalue weighted by molar-refractivity contribution is -0.0629. The third-order valence-corrected chi connectivity index (χ3v) is 5.91. The van der Waals surface area contributed by atoms with Crippen LogP contribution in [0.15, 0.2) is 23.4 Å². The van der Waals surface area contributed by atoms with Crippen molar-refractivity contribution in [2.45, 2.75) is 74.3 Å². The molecule has 5 rings (SSSR count). The Morgan fingerprint density at radius 3 is 2.92 bits per heavy atom. The lowest BCUT2D eigenvalue weighted by Gasteiger charge is -2.17. The fourth-order valence-corrected chi connectivity index (χ4v) is 3.87. The number of benzene rings is 1. The van der Waals surface area contributed by atoms with Gasteiger partial charge < -0.3 is 25.4 Å². The van der Waals surface area contributed by atoms with Crippen LogP contribution < -0.4 is 5.32 Å². The summed E-state index contributed by atoms with van der Waals surface area (Å²) in [4.78, 5) is 8.16. The second kappa shape index (κ2) is 10.5. The van der Waals surface area contributed by atoms with E-state index in [-0.39, 0.29) is 27.6 Å². The SMILES string of the molecule is [2H]C([2H])(C)C([2H])([2H])Sc1nc(N[C@@H]2C([2H])([2H])[C@@]2([2H])c2ccc(C)c(F)c2)c2nnn([C@]3([2H])C([2H])([2H])[C@]([2H])(OCCO)[C@@]([2H])(O)[C@@]3([2H])O)c2n1. The average Bonchev–Trinajstić information content (AvgIpc) is 3.22. The van der Waals surface area contributed by atoms with Crippen LogP contribution in [0.25, 0.3) is 11.2 Å². The first-order valence-electron chi connectivity index (χ1n) is 17.2. The third kappa shape index (κ3) is 4.92. The molecule has 2 aromatic heterocycles. The maximum absolute atomic E-state index is 14.5. The van der Waals surface area contributed by atoms with E-state index in [2.05, 4.69) is 25.6 Å². The van der Waals surface area contributed by atoms with Crippen molar-refractivity contribution >= 4 is 28.7 Å². The van der Waals surface area contributed by atoms with Gasteiger partial charge in [0.1, 0.15) is 18.0 Å². The van der Waals surface area contributed by atoms with E-state index >= 15 is 0 Å². The van der Waals surface area contributed by atoms with Crippen molar-refractivity contribution < 1.29 is 42.3 Å². The van der Waals surface area contributed by atoms with E-state index in [1.807, 2.05) is 0 Å². The number of rotatable bonds is 10. The maximum atomic E-state index is 14.5. The molecule has 0 saturated heterocycles. The molecule has 10 nitrogen and oxygen atoms in total. The molecule has 2 aliphatic rings. The smallest absolute Gasteiger partial charge is 0.191 e. The third-order valence-electron chi connectivity index (χ3n) is 5.24. The first-order chi connectivity index (χ1) is 22.1. The molecule has 4 N–H and O–H groups in total. The van der Waals surface area contributed by atoms with Crippen molar-refractivity contribution in [3.8, 4) is 0 Å². The van der Waals surface area contributed by atoms with E-state index in [4.69, 9.17) is 22.6 Å². The van der Waals surface area contributed by atoms with Crippen molar-refractivity contribution in [1.29, 1.82) is 0 Å². The van der Waals surface area contributed by atoms with E-state index in [1.54, 1.807) is 0 Å². The average molecular weight is 532 g/mol. The molecule has 194 valence electrons. The molecular weight excluding hydrogens is 487 g/mol. The van der Waals surface area contributed by atoms with Gasteiger partial charge in [0.15, 0.2) is 22.1 Å². The molecule has 0 unspecified atom stereocenters. The van der Waals surface area contributed by atoms with Crippen LogP contribution >= 0.6 is 11.8 Å². The molecule has 6 atom stereocenters. The van der Waals surface area contributed by atoms with Crippen molar-refractivity contribution in [3.05, 3.63) is 35.1 Å². The minimum Gasteiger partial charge on any atom is -0.394 e. The summed E-state index contributed by atoms with van der Waals surface area (Å²) in [6, 6.07) is -1.56. The Balaban J connectivity index is 1.73. The van der Waals surface area contributed by atoms with Crippen molar-refractivity contribution in [2.75, 3.05) is 24.2 Å². The minimum absolute atomic E-state index is 0.0647. The van der Waals surface area contributed by atoms with E-state index in [1.165, 1.54) is 19.1 Å². The minimum atomic E-state index is -4.03.